The van der Waals surface area contributed by atoms with Gasteiger partial charge in [-0.2, -0.15) is 0 Å². The van der Waals surface area contributed by atoms with E-state index in [-0.39, 0.29) is 17.2 Å². The van der Waals surface area contributed by atoms with Crippen LogP contribution in [0.15, 0.2) is 66.1 Å². The molecule has 28 heavy (non-hydrogen) atoms. The normalized spacial score (nSPS) is 17.7. The number of carbonyl (C=O) groups is 1. The van der Waals surface area contributed by atoms with E-state index in [2.05, 4.69) is 15.6 Å². The minimum absolute atomic E-state index is 0.223. The fourth-order valence-electron chi connectivity index (χ4n) is 3.11. The number of anilines is 1. The monoisotopic (exact) mass is 382 g/mol. The van der Waals surface area contributed by atoms with Gasteiger partial charge in [0.25, 0.3) is 5.88 Å². The Morgan fingerprint density at radius 3 is 2.57 bits per heavy atom. The Balaban J connectivity index is 2.30. The van der Waals surface area contributed by atoms with Crippen LogP contribution in [-0.4, -0.2) is 28.1 Å². The standard InChI is InChI=1S/C19H18N4O5/c1-11(21-12-7-9-20-10-8-12)15-13-5-3-4-6-14(13)16(19(24)25)22-18(28-2)17(15)23(26)27/h3-10,16,22H,1-2H3,(H,20,21)(H,24,25)/t16-/m1/s1. The number of aliphatic carboxylic acids is 1. The van der Waals surface area contributed by atoms with Crippen molar-refractivity contribution < 1.29 is 19.6 Å². The second-order valence-electron chi connectivity index (χ2n) is 6.00. The molecule has 1 aliphatic heterocycles. The maximum absolute atomic E-state index is 11.9. The number of pyridine rings is 1. The van der Waals surface area contributed by atoms with Crippen molar-refractivity contribution in [3.05, 3.63) is 87.3 Å². The Kier molecular flexibility index (Phi) is 5.25. The molecule has 0 fully saturated rings. The molecule has 0 unspecified atom stereocenters. The SMILES string of the molecule is COC1=C([N+](=O)[O-])C(=C(C)Nc2ccncc2)c2ccccc2[C@H](C(=O)O)N1. The Labute approximate surface area is 160 Å². The molecular formula is C19H18N4O5. The van der Waals surface area contributed by atoms with Gasteiger partial charge in [0.1, 0.15) is 0 Å². The highest BCUT2D eigenvalue weighted by Gasteiger charge is 2.38. The van der Waals surface area contributed by atoms with Crippen LogP contribution < -0.4 is 10.6 Å². The summed E-state index contributed by atoms with van der Waals surface area (Å²) < 4.78 is 5.18. The summed E-state index contributed by atoms with van der Waals surface area (Å²) in [5.41, 5.74) is 1.87. The summed E-state index contributed by atoms with van der Waals surface area (Å²) in [6.07, 6.45) is 3.18. The number of carboxylic acids is 1. The maximum atomic E-state index is 11.9. The summed E-state index contributed by atoms with van der Waals surface area (Å²) in [7, 11) is 1.25. The van der Waals surface area contributed by atoms with Crippen molar-refractivity contribution in [2.24, 2.45) is 0 Å². The molecule has 3 rings (SSSR count). The van der Waals surface area contributed by atoms with E-state index in [1.54, 1.807) is 55.7 Å². The minimum atomic E-state index is -1.20. The lowest BCUT2D eigenvalue weighted by atomic mass is 9.93. The van der Waals surface area contributed by atoms with Gasteiger partial charge in [-0.1, -0.05) is 24.3 Å². The second-order valence-corrected chi connectivity index (χ2v) is 6.00. The second kappa shape index (κ2) is 7.78. The third-order valence-corrected chi connectivity index (χ3v) is 4.29. The highest BCUT2D eigenvalue weighted by Crippen LogP contribution is 2.37. The number of nitrogens with one attached hydrogen (secondary N) is 2. The molecule has 9 nitrogen and oxygen atoms in total. The lowest BCUT2D eigenvalue weighted by Crippen LogP contribution is -2.29. The number of benzene rings is 1. The van der Waals surface area contributed by atoms with Crippen molar-refractivity contribution >= 4 is 17.2 Å². The molecule has 0 spiro atoms. The number of nitrogens with zero attached hydrogens (tertiary/aromatic N) is 2. The van der Waals surface area contributed by atoms with Crippen LogP contribution >= 0.6 is 0 Å². The van der Waals surface area contributed by atoms with E-state index >= 15 is 0 Å². The number of rotatable bonds is 5. The quantitative estimate of drug-likeness (QED) is 0.532. The molecule has 0 saturated heterocycles. The predicted octanol–water partition coefficient (Wildman–Crippen LogP) is 2.75. The lowest BCUT2D eigenvalue weighted by Gasteiger charge is -2.16. The summed E-state index contributed by atoms with van der Waals surface area (Å²) in [5.74, 6) is -1.40. The van der Waals surface area contributed by atoms with Crippen molar-refractivity contribution in [1.29, 1.82) is 0 Å². The molecule has 144 valence electrons. The molecule has 0 radical (unpaired) electrons. The van der Waals surface area contributed by atoms with E-state index < -0.39 is 16.9 Å². The highest BCUT2D eigenvalue weighted by molar-refractivity contribution is 5.88. The zero-order valence-corrected chi connectivity index (χ0v) is 15.2. The Hall–Kier alpha value is -3.88. The molecule has 1 atom stereocenters. The number of hydrogen-bond donors (Lipinski definition) is 3. The molecule has 9 heteroatoms. The van der Waals surface area contributed by atoms with Crippen LogP contribution in [0.2, 0.25) is 0 Å². The molecule has 0 aliphatic carbocycles. The van der Waals surface area contributed by atoms with Crippen molar-refractivity contribution in [2.75, 3.05) is 12.4 Å². The first-order valence-electron chi connectivity index (χ1n) is 8.33. The van der Waals surface area contributed by atoms with Crippen molar-refractivity contribution in [3.63, 3.8) is 0 Å². The summed E-state index contributed by atoms with van der Waals surface area (Å²) in [4.78, 5) is 27.1. The summed E-state index contributed by atoms with van der Waals surface area (Å²) in [6, 6.07) is 8.90. The number of aromatic nitrogens is 1. The van der Waals surface area contributed by atoms with Crippen LogP contribution in [0.1, 0.15) is 24.1 Å². The summed E-state index contributed by atoms with van der Waals surface area (Å²) in [6.45, 7) is 1.68. The summed E-state index contributed by atoms with van der Waals surface area (Å²) in [5, 5.41) is 27.4. The lowest BCUT2D eigenvalue weighted by molar-refractivity contribution is -0.420. The van der Waals surface area contributed by atoms with Crippen LogP contribution in [-0.2, 0) is 9.53 Å². The van der Waals surface area contributed by atoms with E-state index in [1.807, 2.05) is 0 Å². The van der Waals surface area contributed by atoms with E-state index in [0.717, 1.165) is 0 Å². The number of methoxy groups -OCH3 is 1. The van der Waals surface area contributed by atoms with Gasteiger partial charge < -0.3 is 20.5 Å². The molecule has 1 aliphatic rings. The molecule has 0 amide bonds. The number of allylic oxidation sites excluding steroid dienone is 2. The fraction of sp³-hybridized carbons (Fsp3) is 0.158. The van der Waals surface area contributed by atoms with Crippen LogP contribution in [0.3, 0.4) is 0 Å². The van der Waals surface area contributed by atoms with Gasteiger partial charge in [-0.05, 0) is 30.2 Å². The highest BCUT2D eigenvalue weighted by atomic mass is 16.6. The van der Waals surface area contributed by atoms with Crippen LogP contribution in [0, 0.1) is 10.1 Å². The summed E-state index contributed by atoms with van der Waals surface area (Å²) >= 11 is 0. The Bertz CT molecular complexity index is 985. The van der Waals surface area contributed by atoms with Gasteiger partial charge >= 0.3 is 11.7 Å². The molecular weight excluding hydrogens is 364 g/mol. The zero-order chi connectivity index (χ0) is 20.3. The molecule has 0 saturated carbocycles. The number of carboxylic acid groups (broad SMARTS) is 1. The van der Waals surface area contributed by atoms with Gasteiger partial charge in [0.2, 0.25) is 0 Å². The Morgan fingerprint density at radius 2 is 1.96 bits per heavy atom. The third kappa shape index (κ3) is 3.50. The van der Waals surface area contributed by atoms with E-state index in [9.17, 15) is 20.0 Å². The molecule has 3 N–H and O–H groups in total. The molecule has 2 heterocycles. The molecule has 2 aromatic rings. The van der Waals surface area contributed by atoms with Gasteiger partial charge in [0.15, 0.2) is 6.04 Å². The van der Waals surface area contributed by atoms with Crippen LogP contribution in [0.4, 0.5) is 5.69 Å². The van der Waals surface area contributed by atoms with Crippen molar-refractivity contribution in [3.8, 4) is 0 Å². The van der Waals surface area contributed by atoms with Crippen molar-refractivity contribution in [1.82, 2.24) is 10.3 Å². The Morgan fingerprint density at radius 1 is 1.29 bits per heavy atom. The third-order valence-electron chi connectivity index (χ3n) is 4.29. The molecule has 1 aromatic carbocycles. The minimum Gasteiger partial charge on any atom is -0.479 e. The number of fused-ring (bicyclic) bond motifs is 1. The first-order valence-corrected chi connectivity index (χ1v) is 8.33. The van der Waals surface area contributed by atoms with Crippen molar-refractivity contribution in [2.45, 2.75) is 13.0 Å². The number of hydrogen-bond acceptors (Lipinski definition) is 7. The van der Waals surface area contributed by atoms with Gasteiger partial charge in [-0.3, -0.25) is 15.1 Å². The fourth-order valence-corrected chi connectivity index (χ4v) is 3.11. The smallest absolute Gasteiger partial charge is 0.338 e. The molecule has 0 bridgehead atoms. The van der Waals surface area contributed by atoms with Gasteiger partial charge in [-0.25, -0.2) is 4.79 Å². The number of nitro groups is 1. The average Bonchev–Trinajstić information content (AvgIpc) is 2.83. The molecule has 1 aromatic heterocycles. The predicted molar refractivity (Wildman–Crippen MR) is 101 cm³/mol. The topological polar surface area (TPSA) is 127 Å². The zero-order valence-electron chi connectivity index (χ0n) is 15.2. The maximum Gasteiger partial charge on any atom is 0.338 e. The van der Waals surface area contributed by atoms with E-state index in [1.165, 1.54) is 7.11 Å². The van der Waals surface area contributed by atoms with Crippen LogP contribution in [0.5, 0.6) is 0 Å². The van der Waals surface area contributed by atoms with E-state index in [0.29, 0.717) is 22.5 Å². The largest absolute Gasteiger partial charge is 0.479 e. The van der Waals surface area contributed by atoms with Gasteiger partial charge in [-0.15, -0.1) is 0 Å². The van der Waals surface area contributed by atoms with Gasteiger partial charge in [0.05, 0.1) is 17.6 Å². The first kappa shape index (κ1) is 18.9. The van der Waals surface area contributed by atoms with E-state index in [4.69, 9.17) is 4.74 Å². The average molecular weight is 382 g/mol. The van der Waals surface area contributed by atoms with Gasteiger partial charge in [0, 0.05) is 23.8 Å². The van der Waals surface area contributed by atoms with Crippen LogP contribution in [0.25, 0.3) is 5.57 Å². The first-order chi connectivity index (χ1) is 13.4. The number of ether oxygens (including phenoxy) is 1.